The van der Waals surface area contributed by atoms with Crippen LogP contribution in [-0.4, -0.2) is 29.8 Å². The maximum absolute atomic E-state index is 12.7. The van der Waals surface area contributed by atoms with Crippen LogP contribution >= 0.6 is 11.6 Å². The minimum Gasteiger partial charge on any atom is -0.383 e. The quantitative estimate of drug-likeness (QED) is 0.568. The van der Waals surface area contributed by atoms with Crippen molar-refractivity contribution in [3.8, 4) is 11.1 Å². The first-order valence-electron chi connectivity index (χ1n) is 7.77. The summed E-state index contributed by atoms with van der Waals surface area (Å²) >= 11 is 6.15. The van der Waals surface area contributed by atoms with Crippen LogP contribution in [0.15, 0.2) is 65.6 Å². The van der Waals surface area contributed by atoms with Gasteiger partial charge in [-0.05, 0) is 23.8 Å². The van der Waals surface area contributed by atoms with Crippen molar-refractivity contribution in [1.29, 1.82) is 0 Å². The van der Waals surface area contributed by atoms with Gasteiger partial charge in [0, 0.05) is 47.9 Å². The number of pyridine rings is 1. The molecule has 3 rings (SSSR count). The van der Waals surface area contributed by atoms with Gasteiger partial charge in [-0.15, -0.1) is 0 Å². The number of fused-ring (bicyclic) bond motifs is 1. The molecule has 0 saturated heterocycles. The summed E-state index contributed by atoms with van der Waals surface area (Å²) in [6.45, 7) is 0. The van der Waals surface area contributed by atoms with E-state index in [2.05, 4.69) is 4.98 Å². The molecule has 5 heteroatoms. The Bertz CT molecular complexity index is 1020. The summed E-state index contributed by atoms with van der Waals surface area (Å²) in [5.41, 5.74) is 1.72. The molecule has 0 aliphatic carbocycles. The normalized spacial score (nSPS) is 11.2. The van der Waals surface area contributed by atoms with Crippen molar-refractivity contribution in [3.63, 3.8) is 0 Å². The lowest BCUT2D eigenvalue weighted by Crippen LogP contribution is -2.19. The fourth-order valence-electron chi connectivity index (χ4n) is 2.71. The van der Waals surface area contributed by atoms with Gasteiger partial charge in [0.05, 0.1) is 5.56 Å². The Hall–Kier alpha value is -2.85. The van der Waals surface area contributed by atoms with Gasteiger partial charge >= 0.3 is 0 Å². The molecule has 2 aromatic carbocycles. The van der Waals surface area contributed by atoms with Crippen LogP contribution < -0.4 is 5.56 Å². The van der Waals surface area contributed by atoms with Crippen LogP contribution in [-0.2, 0) is 0 Å². The number of aromatic amines is 1. The fourth-order valence-corrected chi connectivity index (χ4v) is 2.88. The van der Waals surface area contributed by atoms with E-state index in [0.29, 0.717) is 16.1 Å². The van der Waals surface area contributed by atoms with Crippen LogP contribution in [0.2, 0.25) is 5.02 Å². The summed E-state index contributed by atoms with van der Waals surface area (Å²) in [4.78, 5) is 29.9. The highest BCUT2D eigenvalue weighted by Crippen LogP contribution is 2.31. The number of rotatable bonds is 4. The topological polar surface area (TPSA) is 53.2 Å². The van der Waals surface area contributed by atoms with E-state index < -0.39 is 5.56 Å². The van der Waals surface area contributed by atoms with Crippen molar-refractivity contribution >= 4 is 28.3 Å². The molecule has 0 aliphatic heterocycles. The van der Waals surface area contributed by atoms with E-state index in [-0.39, 0.29) is 11.3 Å². The number of hydrogen-bond acceptors (Lipinski definition) is 3. The Balaban J connectivity index is 2.37. The maximum Gasteiger partial charge on any atom is 0.260 e. The molecule has 0 bridgehead atoms. The summed E-state index contributed by atoms with van der Waals surface area (Å²) in [5.74, 6) is -0.351. The molecule has 0 amide bonds. The minimum absolute atomic E-state index is 0.110. The minimum atomic E-state index is -0.415. The standard InChI is InChI=1S/C20H17ClN2O2/c1-23(2)11-10-17(24)19-18(13-6-4-3-5-7-13)15-12-14(21)8-9-16(15)22-20(19)25/h3-12H,1-2H3,(H,22,25)/b11-10+. The van der Waals surface area contributed by atoms with Crippen LogP contribution in [0, 0.1) is 0 Å². The molecule has 1 heterocycles. The molecule has 25 heavy (non-hydrogen) atoms. The summed E-state index contributed by atoms with van der Waals surface area (Å²) in [7, 11) is 3.62. The van der Waals surface area contributed by atoms with E-state index in [1.165, 1.54) is 6.08 Å². The molecule has 1 N–H and O–H groups in total. The zero-order valence-electron chi connectivity index (χ0n) is 13.9. The molecule has 0 unspecified atom stereocenters. The number of carbonyl (C=O) groups excluding carboxylic acids is 1. The first-order valence-corrected chi connectivity index (χ1v) is 8.15. The highest BCUT2D eigenvalue weighted by atomic mass is 35.5. The lowest BCUT2D eigenvalue weighted by molar-refractivity contribution is 0.104. The Kier molecular flexibility index (Phi) is 4.72. The number of H-pyrrole nitrogens is 1. The van der Waals surface area contributed by atoms with Crippen molar-refractivity contribution in [2.75, 3.05) is 14.1 Å². The van der Waals surface area contributed by atoms with Gasteiger partial charge in [-0.2, -0.15) is 0 Å². The Morgan fingerprint density at radius 1 is 1.12 bits per heavy atom. The largest absolute Gasteiger partial charge is 0.383 e. The number of nitrogens with zero attached hydrogens (tertiary/aromatic N) is 1. The van der Waals surface area contributed by atoms with Crippen LogP contribution in [0.5, 0.6) is 0 Å². The van der Waals surface area contributed by atoms with E-state index in [9.17, 15) is 9.59 Å². The van der Waals surface area contributed by atoms with Gasteiger partial charge < -0.3 is 9.88 Å². The number of ketones is 1. The van der Waals surface area contributed by atoms with Crippen LogP contribution in [0.1, 0.15) is 10.4 Å². The molecule has 4 nitrogen and oxygen atoms in total. The average Bonchev–Trinajstić information content (AvgIpc) is 2.59. The molecule has 0 spiro atoms. The smallest absolute Gasteiger partial charge is 0.260 e. The number of allylic oxidation sites excluding steroid dienone is 1. The number of halogens is 1. The number of nitrogens with one attached hydrogen (secondary N) is 1. The first kappa shape index (κ1) is 17.0. The van der Waals surface area contributed by atoms with E-state index in [0.717, 1.165) is 10.9 Å². The lowest BCUT2D eigenvalue weighted by atomic mass is 9.94. The van der Waals surface area contributed by atoms with Gasteiger partial charge in [0.15, 0.2) is 5.78 Å². The summed E-state index contributed by atoms with van der Waals surface area (Å²) in [6.07, 6.45) is 3.02. The Labute approximate surface area is 150 Å². The predicted molar refractivity (Wildman–Crippen MR) is 102 cm³/mol. The molecule has 3 aromatic rings. The second-order valence-electron chi connectivity index (χ2n) is 5.90. The van der Waals surface area contributed by atoms with Gasteiger partial charge in [0.1, 0.15) is 0 Å². The maximum atomic E-state index is 12.7. The van der Waals surface area contributed by atoms with Gasteiger partial charge in [-0.3, -0.25) is 9.59 Å². The number of hydrogen-bond donors (Lipinski definition) is 1. The van der Waals surface area contributed by atoms with Crippen molar-refractivity contribution < 1.29 is 4.79 Å². The number of carbonyl (C=O) groups is 1. The molecular weight excluding hydrogens is 336 g/mol. The molecule has 0 atom stereocenters. The van der Waals surface area contributed by atoms with E-state index in [1.54, 1.807) is 29.3 Å². The highest BCUT2D eigenvalue weighted by molar-refractivity contribution is 6.31. The van der Waals surface area contributed by atoms with Gasteiger partial charge in [-0.25, -0.2) is 0 Å². The second kappa shape index (κ2) is 6.95. The molecule has 0 aliphatic rings. The first-order chi connectivity index (χ1) is 12.0. The zero-order valence-corrected chi connectivity index (χ0v) is 14.7. The third kappa shape index (κ3) is 3.49. The second-order valence-corrected chi connectivity index (χ2v) is 6.34. The van der Waals surface area contributed by atoms with Crippen LogP contribution in [0.3, 0.4) is 0 Å². The van der Waals surface area contributed by atoms with Crippen molar-refractivity contribution in [2.24, 2.45) is 0 Å². The van der Waals surface area contributed by atoms with Crippen molar-refractivity contribution in [1.82, 2.24) is 9.88 Å². The average molecular weight is 353 g/mol. The van der Waals surface area contributed by atoms with Gasteiger partial charge in [0.2, 0.25) is 0 Å². The highest BCUT2D eigenvalue weighted by Gasteiger charge is 2.19. The van der Waals surface area contributed by atoms with E-state index in [4.69, 9.17) is 11.6 Å². The molecule has 0 radical (unpaired) electrons. The van der Waals surface area contributed by atoms with Crippen LogP contribution in [0.4, 0.5) is 0 Å². The summed E-state index contributed by atoms with van der Waals surface area (Å²) in [6, 6.07) is 14.6. The summed E-state index contributed by atoms with van der Waals surface area (Å²) in [5, 5.41) is 1.28. The third-order valence-corrected chi connectivity index (χ3v) is 4.04. The van der Waals surface area contributed by atoms with E-state index in [1.807, 2.05) is 44.4 Å². The molecule has 126 valence electrons. The fraction of sp³-hybridized carbons (Fsp3) is 0.100. The summed E-state index contributed by atoms with van der Waals surface area (Å²) < 4.78 is 0. The predicted octanol–water partition coefficient (Wildman–Crippen LogP) is 4.11. The number of aromatic nitrogens is 1. The molecule has 0 fully saturated rings. The van der Waals surface area contributed by atoms with Crippen molar-refractivity contribution in [2.45, 2.75) is 0 Å². The third-order valence-electron chi connectivity index (χ3n) is 3.81. The van der Waals surface area contributed by atoms with Crippen LogP contribution in [0.25, 0.3) is 22.0 Å². The lowest BCUT2D eigenvalue weighted by Gasteiger charge is -2.12. The van der Waals surface area contributed by atoms with Gasteiger partial charge in [0.25, 0.3) is 5.56 Å². The molecule has 1 aromatic heterocycles. The zero-order chi connectivity index (χ0) is 18.0. The Morgan fingerprint density at radius 3 is 2.52 bits per heavy atom. The van der Waals surface area contributed by atoms with Gasteiger partial charge in [-0.1, -0.05) is 41.9 Å². The molecular formula is C20H17ClN2O2. The number of benzene rings is 2. The van der Waals surface area contributed by atoms with E-state index >= 15 is 0 Å². The monoisotopic (exact) mass is 352 g/mol. The Morgan fingerprint density at radius 2 is 1.84 bits per heavy atom. The van der Waals surface area contributed by atoms with Crippen molar-refractivity contribution in [3.05, 3.63) is 81.7 Å². The SMILES string of the molecule is CN(C)/C=C/C(=O)c1c(-c2ccccc2)c2cc(Cl)ccc2[nH]c1=O. The molecule has 0 saturated carbocycles.